The highest BCUT2D eigenvalue weighted by Crippen LogP contribution is 2.39. The van der Waals surface area contributed by atoms with Crippen LogP contribution in [0.15, 0.2) is 24.3 Å². The molecule has 1 saturated heterocycles. The third-order valence-corrected chi connectivity index (χ3v) is 5.76. The van der Waals surface area contributed by atoms with E-state index in [0.29, 0.717) is 24.1 Å². The Labute approximate surface area is 174 Å². The van der Waals surface area contributed by atoms with E-state index in [-0.39, 0.29) is 29.6 Å². The number of imide groups is 1. The van der Waals surface area contributed by atoms with Crippen molar-refractivity contribution < 1.29 is 28.7 Å². The number of ketones is 1. The van der Waals surface area contributed by atoms with E-state index in [4.69, 9.17) is 4.74 Å². The van der Waals surface area contributed by atoms with E-state index in [9.17, 15) is 24.0 Å². The van der Waals surface area contributed by atoms with E-state index in [1.807, 2.05) is 0 Å². The average molecular weight is 414 g/mol. The quantitative estimate of drug-likeness (QED) is 0.435. The normalized spacial score (nSPS) is 22.8. The summed E-state index contributed by atoms with van der Waals surface area (Å²) < 4.78 is 5.28. The van der Waals surface area contributed by atoms with Crippen molar-refractivity contribution in [3.8, 4) is 0 Å². The molecular weight excluding hydrogens is 388 g/mol. The Balaban J connectivity index is 1.63. The Hall–Kier alpha value is -3.03. The van der Waals surface area contributed by atoms with Crippen LogP contribution >= 0.6 is 0 Å². The molecule has 30 heavy (non-hydrogen) atoms. The Bertz CT molecular complexity index is 854. The number of fused-ring (bicyclic) bond motifs is 1. The van der Waals surface area contributed by atoms with Gasteiger partial charge < -0.3 is 10.1 Å². The summed E-state index contributed by atoms with van der Waals surface area (Å²) >= 11 is 0. The SMILES string of the molecule is CC(=O)Nc1ccc(C(=O)[C@@H](C)OC(=O)[C@H](C)N2C(=O)[C@H]3CCCC[C@H]3C2=O)cc1. The van der Waals surface area contributed by atoms with E-state index in [1.165, 1.54) is 32.9 Å². The van der Waals surface area contributed by atoms with Gasteiger partial charge in [0, 0.05) is 18.2 Å². The second kappa shape index (κ2) is 8.77. The van der Waals surface area contributed by atoms with Gasteiger partial charge in [-0.2, -0.15) is 0 Å². The van der Waals surface area contributed by atoms with Gasteiger partial charge in [0.25, 0.3) is 0 Å². The van der Waals surface area contributed by atoms with Crippen LogP contribution in [0.4, 0.5) is 5.69 Å². The number of nitrogens with zero attached hydrogens (tertiary/aromatic N) is 1. The number of anilines is 1. The molecule has 8 nitrogen and oxygen atoms in total. The van der Waals surface area contributed by atoms with Crippen LogP contribution in [0.2, 0.25) is 0 Å². The van der Waals surface area contributed by atoms with Crippen LogP contribution in [0.25, 0.3) is 0 Å². The molecule has 0 bridgehead atoms. The fourth-order valence-electron chi connectivity index (χ4n) is 4.16. The number of benzene rings is 1. The first-order chi connectivity index (χ1) is 14.2. The van der Waals surface area contributed by atoms with Gasteiger partial charge in [-0.05, 0) is 51.0 Å². The van der Waals surface area contributed by atoms with E-state index < -0.39 is 23.9 Å². The van der Waals surface area contributed by atoms with Crippen LogP contribution in [-0.2, 0) is 23.9 Å². The predicted molar refractivity (Wildman–Crippen MR) is 107 cm³/mol. The summed E-state index contributed by atoms with van der Waals surface area (Å²) in [7, 11) is 0. The molecule has 1 aromatic rings. The number of amides is 3. The number of ether oxygens (including phenoxy) is 1. The summed E-state index contributed by atoms with van der Waals surface area (Å²) in [5.41, 5.74) is 0.862. The number of carbonyl (C=O) groups excluding carboxylic acids is 5. The molecule has 1 N–H and O–H groups in total. The number of rotatable bonds is 6. The van der Waals surface area contributed by atoms with Gasteiger partial charge in [-0.15, -0.1) is 0 Å². The number of hydrogen-bond donors (Lipinski definition) is 1. The molecule has 3 rings (SSSR count). The molecule has 0 aromatic heterocycles. The zero-order valence-corrected chi connectivity index (χ0v) is 17.3. The van der Waals surface area contributed by atoms with Crippen LogP contribution in [0.1, 0.15) is 56.8 Å². The lowest BCUT2D eigenvalue weighted by atomic mass is 9.81. The maximum absolute atomic E-state index is 12.6. The molecule has 1 aromatic carbocycles. The molecule has 1 aliphatic heterocycles. The summed E-state index contributed by atoms with van der Waals surface area (Å²) in [6.07, 6.45) is 2.05. The summed E-state index contributed by atoms with van der Waals surface area (Å²) in [5, 5.41) is 2.60. The summed E-state index contributed by atoms with van der Waals surface area (Å²) in [6.45, 7) is 4.28. The van der Waals surface area contributed by atoms with Gasteiger partial charge in [0.2, 0.25) is 23.5 Å². The largest absolute Gasteiger partial charge is 0.453 e. The number of carbonyl (C=O) groups is 5. The zero-order valence-electron chi connectivity index (χ0n) is 17.3. The van der Waals surface area contributed by atoms with Gasteiger partial charge >= 0.3 is 5.97 Å². The first-order valence-corrected chi connectivity index (χ1v) is 10.2. The Morgan fingerprint density at radius 1 is 1.00 bits per heavy atom. The molecule has 4 atom stereocenters. The first kappa shape index (κ1) is 21.7. The molecule has 1 heterocycles. The lowest BCUT2D eigenvalue weighted by Crippen LogP contribution is -2.45. The smallest absolute Gasteiger partial charge is 0.329 e. The number of hydrogen-bond acceptors (Lipinski definition) is 6. The van der Waals surface area contributed by atoms with Crippen molar-refractivity contribution in [2.24, 2.45) is 11.8 Å². The van der Waals surface area contributed by atoms with E-state index in [0.717, 1.165) is 17.7 Å². The second-order valence-electron chi connectivity index (χ2n) is 7.92. The predicted octanol–water partition coefficient (Wildman–Crippen LogP) is 2.32. The second-order valence-corrected chi connectivity index (χ2v) is 7.92. The molecule has 0 spiro atoms. The van der Waals surface area contributed by atoms with Crippen molar-refractivity contribution >= 4 is 35.2 Å². The fourth-order valence-corrected chi connectivity index (χ4v) is 4.16. The van der Waals surface area contributed by atoms with Gasteiger partial charge in [-0.3, -0.25) is 24.1 Å². The maximum Gasteiger partial charge on any atom is 0.329 e. The third-order valence-electron chi connectivity index (χ3n) is 5.76. The maximum atomic E-state index is 12.6. The number of nitrogens with one attached hydrogen (secondary N) is 1. The van der Waals surface area contributed by atoms with E-state index in [2.05, 4.69) is 5.32 Å². The standard InChI is InChI=1S/C22H26N2O6/c1-12(24-20(27)17-6-4-5-7-18(17)21(24)28)22(29)30-13(2)19(26)15-8-10-16(11-9-15)23-14(3)25/h8-13,17-18H,4-7H2,1-3H3,(H,23,25)/t12-,13+,17-,18+/m0/s1. The third kappa shape index (κ3) is 4.27. The highest BCUT2D eigenvalue weighted by molar-refractivity contribution is 6.08. The fraction of sp³-hybridized carbons (Fsp3) is 0.500. The van der Waals surface area contributed by atoms with Gasteiger partial charge in [-0.1, -0.05) is 12.8 Å². The molecular formula is C22H26N2O6. The Kier molecular flexibility index (Phi) is 6.34. The number of likely N-dealkylation sites (tertiary alicyclic amines) is 1. The minimum Gasteiger partial charge on any atom is -0.453 e. The highest BCUT2D eigenvalue weighted by atomic mass is 16.5. The van der Waals surface area contributed by atoms with Crippen LogP contribution in [-0.4, -0.2) is 46.5 Å². The van der Waals surface area contributed by atoms with Gasteiger partial charge in [0.05, 0.1) is 11.8 Å². The summed E-state index contributed by atoms with van der Waals surface area (Å²) in [4.78, 5) is 62.5. The molecule has 0 unspecified atom stereocenters. The first-order valence-electron chi connectivity index (χ1n) is 10.2. The summed E-state index contributed by atoms with van der Waals surface area (Å²) in [5.74, 6) is -2.76. The van der Waals surface area contributed by atoms with E-state index >= 15 is 0 Å². The van der Waals surface area contributed by atoms with Crippen LogP contribution < -0.4 is 5.32 Å². The van der Waals surface area contributed by atoms with E-state index in [1.54, 1.807) is 12.1 Å². The molecule has 2 aliphatic rings. The lowest BCUT2D eigenvalue weighted by Gasteiger charge is -2.23. The van der Waals surface area contributed by atoms with Gasteiger partial charge in [0.15, 0.2) is 6.10 Å². The minimum absolute atomic E-state index is 0.226. The zero-order chi connectivity index (χ0) is 22.0. The number of esters is 1. The van der Waals surface area contributed by atoms with Crippen molar-refractivity contribution in [1.82, 2.24) is 4.90 Å². The van der Waals surface area contributed by atoms with Crippen molar-refractivity contribution in [1.29, 1.82) is 0 Å². The topological polar surface area (TPSA) is 110 Å². The Morgan fingerprint density at radius 3 is 2.03 bits per heavy atom. The molecule has 2 fully saturated rings. The molecule has 1 aliphatic carbocycles. The van der Waals surface area contributed by atoms with Crippen LogP contribution in [0.3, 0.4) is 0 Å². The van der Waals surface area contributed by atoms with Crippen molar-refractivity contribution in [3.05, 3.63) is 29.8 Å². The van der Waals surface area contributed by atoms with Gasteiger partial charge in [0.1, 0.15) is 6.04 Å². The molecule has 0 radical (unpaired) electrons. The summed E-state index contributed by atoms with van der Waals surface area (Å²) in [6, 6.07) is 5.14. The monoisotopic (exact) mass is 414 g/mol. The van der Waals surface area contributed by atoms with Gasteiger partial charge in [-0.25, -0.2) is 4.79 Å². The van der Waals surface area contributed by atoms with Crippen LogP contribution in [0.5, 0.6) is 0 Å². The average Bonchev–Trinajstić information content (AvgIpc) is 2.97. The van der Waals surface area contributed by atoms with Crippen molar-refractivity contribution in [3.63, 3.8) is 0 Å². The van der Waals surface area contributed by atoms with Crippen LogP contribution in [0, 0.1) is 11.8 Å². The molecule has 8 heteroatoms. The molecule has 3 amide bonds. The Morgan fingerprint density at radius 2 is 1.53 bits per heavy atom. The number of Topliss-reactive ketones (excluding diaryl/α,β-unsaturated/α-hetero) is 1. The highest BCUT2D eigenvalue weighted by Gasteiger charge is 2.51. The van der Waals surface area contributed by atoms with Crippen molar-refractivity contribution in [2.45, 2.75) is 58.6 Å². The van der Waals surface area contributed by atoms with Crippen molar-refractivity contribution in [2.75, 3.05) is 5.32 Å². The molecule has 160 valence electrons. The molecule has 1 saturated carbocycles. The minimum atomic E-state index is -1.08. The lowest BCUT2D eigenvalue weighted by molar-refractivity contribution is -0.159.